The quantitative estimate of drug-likeness (QED) is 0.853. The van der Waals surface area contributed by atoms with E-state index in [-0.39, 0.29) is 0 Å². The lowest BCUT2D eigenvalue weighted by Gasteiger charge is -2.15. The van der Waals surface area contributed by atoms with Crippen LogP contribution in [-0.2, 0) is 19.5 Å². The average molecular weight is 250 g/mol. The third kappa shape index (κ3) is 3.38. The van der Waals surface area contributed by atoms with Crippen molar-refractivity contribution in [3.63, 3.8) is 0 Å². The largest absolute Gasteiger partial charge is 0.333 e. The predicted molar refractivity (Wildman–Crippen MR) is 70.0 cm³/mol. The van der Waals surface area contributed by atoms with E-state index in [1.54, 1.807) is 11.3 Å². The van der Waals surface area contributed by atoms with Crippen molar-refractivity contribution < 1.29 is 0 Å². The smallest absolute Gasteiger partial charge is 0.108 e. The summed E-state index contributed by atoms with van der Waals surface area (Å²) in [5, 5.41) is 5.55. The Labute approximate surface area is 106 Å². The summed E-state index contributed by atoms with van der Waals surface area (Å²) in [6, 6.07) is 0.413. The Balaban J connectivity index is 1.83. The molecule has 0 aliphatic carbocycles. The lowest BCUT2D eigenvalue weighted by atomic mass is 10.3. The molecule has 0 saturated carbocycles. The second kappa shape index (κ2) is 5.93. The third-order valence-corrected chi connectivity index (χ3v) is 3.34. The average Bonchev–Trinajstić information content (AvgIpc) is 2.97. The molecule has 0 amide bonds. The van der Waals surface area contributed by atoms with Gasteiger partial charge in [-0.25, -0.2) is 9.97 Å². The minimum absolute atomic E-state index is 0.413. The highest BCUT2D eigenvalue weighted by Gasteiger charge is 2.06. The maximum Gasteiger partial charge on any atom is 0.108 e. The first-order valence-corrected chi connectivity index (χ1v) is 6.84. The van der Waals surface area contributed by atoms with Gasteiger partial charge >= 0.3 is 0 Å². The van der Waals surface area contributed by atoms with Crippen molar-refractivity contribution in [3.05, 3.63) is 34.8 Å². The zero-order chi connectivity index (χ0) is 12.1. The van der Waals surface area contributed by atoms with Gasteiger partial charge in [0, 0.05) is 43.3 Å². The SMILES string of the molecule is CCc1nccn1C[C@@H](C)NCc1cscn1. The molecule has 2 heterocycles. The zero-order valence-corrected chi connectivity index (χ0v) is 11.1. The topological polar surface area (TPSA) is 42.7 Å². The first-order valence-electron chi connectivity index (χ1n) is 5.90. The van der Waals surface area contributed by atoms with Crippen molar-refractivity contribution >= 4 is 11.3 Å². The van der Waals surface area contributed by atoms with Gasteiger partial charge in [0.05, 0.1) is 11.2 Å². The van der Waals surface area contributed by atoms with Gasteiger partial charge in [-0.1, -0.05) is 6.92 Å². The van der Waals surface area contributed by atoms with Crippen molar-refractivity contribution in [3.8, 4) is 0 Å². The number of nitrogens with zero attached hydrogens (tertiary/aromatic N) is 3. The molecule has 0 saturated heterocycles. The maximum absolute atomic E-state index is 4.32. The Kier molecular flexibility index (Phi) is 4.28. The summed E-state index contributed by atoms with van der Waals surface area (Å²) in [5.41, 5.74) is 2.98. The molecule has 17 heavy (non-hydrogen) atoms. The van der Waals surface area contributed by atoms with Crippen LogP contribution < -0.4 is 5.32 Å². The molecule has 2 aromatic rings. The Bertz CT molecular complexity index is 435. The van der Waals surface area contributed by atoms with Gasteiger partial charge in [0.2, 0.25) is 0 Å². The highest BCUT2D eigenvalue weighted by molar-refractivity contribution is 7.07. The molecule has 4 nitrogen and oxygen atoms in total. The highest BCUT2D eigenvalue weighted by Crippen LogP contribution is 2.03. The predicted octanol–water partition coefficient (Wildman–Crippen LogP) is 2.08. The fourth-order valence-corrected chi connectivity index (χ4v) is 2.34. The van der Waals surface area contributed by atoms with Gasteiger partial charge in [-0.3, -0.25) is 0 Å². The first kappa shape index (κ1) is 12.3. The number of rotatable bonds is 6. The Hall–Kier alpha value is -1.20. The molecular formula is C12H18N4S. The molecule has 2 aromatic heterocycles. The lowest BCUT2D eigenvalue weighted by molar-refractivity contribution is 0.465. The second-order valence-electron chi connectivity index (χ2n) is 4.11. The van der Waals surface area contributed by atoms with Crippen LogP contribution in [0.15, 0.2) is 23.3 Å². The molecule has 0 fully saturated rings. The molecule has 0 bridgehead atoms. The van der Waals surface area contributed by atoms with Crippen LogP contribution in [0.1, 0.15) is 25.4 Å². The standard InChI is InChI=1S/C12H18N4S/c1-3-12-13-4-5-16(12)7-10(2)14-6-11-8-17-9-15-11/h4-5,8-10,14H,3,6-7H2,1-2H3/t10-/m1/s1. The van der Waals surface area contributed by atoms with E-state index in [2.05, 4.69) is 39.1 Å². The number of imidazole rings is 1. The van der Waals surface area contributed by atoms with Crippen LogP contribution in [0.4, 0.5) is 0 Å². The Morgan fingerprint density at radius 1 is 1.47 bits per heavy atom. The van der Waals surface area contributed by atoms with Gasteiger partial charge in [0.25, 0.3) is 0 Å². The third-order valence-electron chi connectivity index (χ3n) is 2.70. The number of nitrogens with one attached hydrogen (secondary N) is 1. The molecule has 1 N–H and O–H groups in total. The maximum atomic E-state index is 4.32. The van der Waals surface area contributed by atoms with Gasteiger partial charge in [0.1, 0.15) is 5.82 Å². The van der Waals surface area contributed by atoms with E-state index in [4.69, 9.17) is 0 Å². The minimum atomic E-state index is 0.413. The van der Waals surface area contributed by atoms with Gasteiger partial charge in [-0.05, 0) is 6.92 Å². The van der Waals surface area contributed by atoms with E-state index in [9.17, 15) is 0 Å². The van der Waals surface area contributed by atoms with Crippen LogP contribution in [0.2, 0.25) is 0 Å². The molecule has 0 aromatic carbocycles. The van der Waals surface area contributed by atoms with Gasteiger partial charge < -0.3 is 9.88 Å². The van der Waals surface area contributed by atoms with E-state index >= 15 is 0 Å². The molecule has 0 spiro atoms. The summed E-state index contributed by atoms with van der Waals surface area (Å²) in [5.74, 6) is 1.15. The zero-order valence-electron chi connectivity index (χ0n) is 10.3. The van der Waals surface area contributed by atoms with Gasteiger partial charge in [0.15, 0.2) is 0 Å². The van der Waals surface area contributed by atoms with Crippen LogP contribution in [0.3, 0.4) is 0 Å². The van der Waals surface area contributed by atoms with Crippen molar-refractivity contribution in [1.29, 1.82) is 0 Å². The summed E-state index contributed by atoms with van der Waals surface area (Å²) in [6.07, 6.45) is 4.89. The minimum Gasteiger partial charge on any atom is -0.333 e. The fourth-order valence-electron chi connectivity index (χ4n) is 1.78. The molecule has 5 heteroatoms. The Morgan fingerprint density at radius 3 is 3.06 bits per heavy atom. The number of hydrogen-bond donors (Lipinski definition) is 1. The molecule has 0 aliphatic heterocycles. The van der Waals surface area contributed by atoms with Gasteiger partial charge in [-0.2, -0.15) is 0 Å². The number of hydrogen-bond acceptors (Lipinski definition) is 4. The molecule has 2 rings (SSSR count). The monoisotopic (exact) mass is 250 g/mol. The first-order chi connectivity index (χ1) is 8.29. The number of aromatic nitrogens is 3. The van der Waals surface area contributed by atoms with E-state index in [1.165, 1.54) is 0 Å². The summed E-state index contributed by atoms with van der Waals surface area (Å²) in [4.78, 5) is 8.58. The Morgan fingerprint density at radius 2 is 2.35 bits per heavy atom. The fraction of sp³-hybridized carbons (Fsp3) is 0.500. The summed E-state index contributed by atoms with van der Waals surface area (Å²) in [7, 11) is 0. The second-order valence-corrected chi connectivity index (χ2v) is 4.83. The van der Waals surface area contributed by atoms with Crippen molar-refractivity contribution in [2.24, 2.45) is 0 Å². The van der Waals surface area contributed by atoms with Crippen molar-refractivity contribution in [1.82, 2.24) is 19.9 Å². The van der Waals surface area contributed by atoms with Crippen LogP contribution >= 0.6 is 11.3 Å². The molecular weight excluding hydrogens is 232 g/mol. The van der Waals surface area contributed by atoms with Crippen LogP contribution in [-0.4, -0.2) is 20.6 Å². The molecule has 92 valence electrons. The summed E-state index contributed by atoms with van der Waals surface area (Å²) < 4.78 is 2.21. The highest BCUT2D eigenvalue weighted by atomic mass is 32.1. The molecule has 0 unspecified atom stereocenters. The van der Waals surface area contributed by atoms with Crippen molar-refractivity contribution in [2.45, 2.75) is 39.4 Å². The number of aryl methyl sites for hydroxylation is 1. The normalized spacial score (nSPS) is 12.8. The number of thiazole rings is 1. The van der Waals surface area contributed by atoms with E-state index in [0.29, 0.717) is 6.04 Å². The lowest BCUT2D eigenvalue weighted by Crippen LogP contribution is -2.30. The van der Waals surface area contributed by atoms with Crippen LogP contribution in [0.25, 0.3) is 0 Å². The molecule has 0 radical (unpaired) electrons. The van der Waals surface area contributed by atoms with Crippen LogP contribution in [0, 0.1) is 0 Å². The summed E-state index contributed by atoms with van der Waals surface area (Å²) in [6.45, 7) is 6.10. The molecule has 1 atom stereocenters. The van der Waals surface area contributed by atoms with E-state index < -0.39 is 0 Å². The van der Waals surface area contributed by atoms with Gasteiger partial charge in [-0.15, -0.1) is 11.3 Å². The van der Waals surface area contributed by atoms with Crippen LogP contribution in [0.5, 0.6) is 0 Å². The van der Waals surface area contributed by atoms with E-state index in [0.717, 1.165) is 31.0 Å². The molecule has 0 aliphatic rings. The van der Waals surface area contributed by atoms with Crippen molar-refractivity contribution in [2.75, 3.05) is 0 Å². The summed E-state index contributed by atoms with van der Waals surface area (Å²) >= 11 is 1.64. The van der Waals surface area contributed by atoms with E-state index in [1.807, 2.05) is 17.9 Å².